The molecule has 0 aromatic heterocycles. The van der Waals surface area contributed by atoms with Gasteiger partial charge in [-0.1, -0.05) is 17.2 Å². The molecule has 84 valence electrons. The minimum absolute atomic E-state index is 0.00518. The van der Waals surface area contributed by atoms with Gasteiger partial charge in [0.1, 0.15) is 5.75 Å². The summed E-state index contributed by atoms with van der Waals surface area (Å²) in [7, 11) is 1.53. The van der Waals surface area contributed by atoms with Gasteiger partial charge < -0.3 is 4.74 Å². The highest BCUT2D eigenvalue weighted by molar-refractivity contribution is 5.98. The average Bonchev–Trinajstić information content (AvgIpc) is 2.34. The molecular formula is C11H13N3O2. The zero-order chi connectivity index (χ0) is 11.8. The van der Waals surface area contributed by atoms with Gasteiger partial charge in [0.2, 0.25) is 0 Å². The minimum Gasteiger partial charge on any atom is -0.496 e. The highest BCUT2D eigenvalue weighted by atomic mass is 16.5. The molecule has 0 saturated heterocycles. The Morgan fingerprint density at radius 3 is 2.94 bits per heavy atom. The molecule has 0 atom stereocenters. The number of azide groups is 1. The van der Waals surface area contributed by atoms with Crippen molar-refractivity contribution >= 4 is 5.78 Å². The molecule has 1 aromatic rings. The van der Waals surface area contributed by atoms with E-state index in [-0.39, 0.29) is 5.78 Å². The van der Waals surface area contributed by atoms with Crippen molar-refractivity contribution in [1.82, 2.24) is 0 Å². The van der Waals surface area contributed by atoms with E-state index in [1.807, 2.05) is 6.07 Å². The number of nitrogens with zero attached hydrogens (tertiary/aromatic N) is 3. The zero-order valence-electron chi connectivity index (χ0n) is 9.09. The number of carbonyl (C=O) groups is 1. The van der Waals surface area contributed by atoms with Crippen LogP contribution < -0.4 is 4.74 Å². The molecule has 0 unspecified atom stereocenters. The van der Waals surface area contributed by atoms with Crippen molar-refractivity contribution in [1.29, 1.82) is 0 Å². The fourth-order valence-electron chi connectivity index (χ4n) is 1.36. The van der Waals surface area contributed by atoms with Crippen molar-refractivity contribution in [3.8, 4) is 5.75 Å². The molecule has 0 N–H and O–H groups in total. The topological polar surface area (TPSA) is 75.1 Å². The SMILES string of the molecule is COc1ccccc1C(=O)CCCN=[N+]=[N-]. The van der Waals surface area contributed by atoms with E-state index in [0.717, 1.165) is 0 Å². The summed E-state index contributed by atoms with van der Waals surface area (Å²) < 4.78 is 5.09. The third-order valence-electron chi connectivity index (χ3n) is 2.13. The van der Waals surface area contributed by atoms with E-state index in [2.05, 4.69) is 10.0 Å². The number of carbonyl (C=O) groups excluding carboxylic acids is 1. The van der Waals surface area contributed by atoms with E-state index in [0.29, 0.717) is 30.7 Å². The minimum atomic E-state index is 0.00518. The molecule has 0 radical (unpaired) electrons. The summed E-state index contributed by atoms with van der Waals surface area (Å²) in [5, 5.41) is 3.38. The van der Waals surface area contributed by atoms with Crippen LogP contribution in [0.3, 0.4) is 0 Å². The predicted octanol–water partition coefficient (Wildman–Crippen LogP) is 2.97. The van der Waals surface area contributed by atoms with Crippen LogP contribution in [0, 0.1) is 0 Å². The van der Waals surface area contributed by atoms with Gasteiger partial charge in [0.05, 0.1) is 12.7 Å². The first-order chi connectivity index (χ1) is 7.79. The molecule has 0 spiro atoms. The monoisotopic (exact) mass is 219 g/mol. The second-order valence-electron chi connectivity index (χ2n) is 3.18. The molecule has 1 aromatic carbocycles. The van der Waals surface area contributed by atoms with Crippen molar-refractivity contribution in [2.45, 2.75) is 12.8 Å². The molecule has 5 nitrogen and oxygen atoms in total. The Hall–Kier alpha value is -2.00. The number of rotatable bonds is 6. The Morgan fingerprint density at radius 2 is 2.25 bits per heavy atom. The lowest BCUT2D eigenvalue weighted by atomic mass is 10.1. The Morgan fingerprint density at radius 1 is 1.50 bits per heavy atom. The lowest BCUT2D eigenvalue weighted by Crippen LogP contribution is -2.02. The Bertz CT molecular complexity index is 411. The third-order valence-corrected chi connectivity index (χ3v) is 2.13. The van der Waals surface area contributed by atoms with Crippen LogP contribution >= 0.6 is 0 Å². The molecule has 0 aliphatic rings. The van der Waals surface area contributed by atoms with Crippen LogP contribution in [0.1, 0.15) is 23.2 Å². The van der Waals surface area contributed by atoms with Gasteiger partial charge in [-0.05, 0) is 24.1 Å². The van der Waals surface area contributed by atoms with Gasteiger partial charge in [-0.15, -0.1) is 0 Å². The summed E-state index contributed by atoms with van der Waals surface area (Å²) in [6.07, 6.45) is 0.917. The second-order valence-corrected chi connectivity index (χ2v) is 3.18. The normalized spacial score (nSPS) is 9.31. The molecule has 0 amide bonds. The van der Waals surface area contributed by atoms with E-state index < -0.39 is 0 Å². The number of hydrogen-bond acceptors (Lipinski definition) is 3. The Kier molecular flexibility index (Phi) is 4.89. The van der Waals surface area contributed by atoms with E-state index in [1.54, 1.807) is 18.2 Å². The van der Waals surface area contributed by atoms with Crippen molar-refractivity contribution in [2.75, 3.05) is 13.7 Å². The molecule has 0 saturated carbocycles. The lowest BCUT2D eigenvalue weighted by Gasteiger charge is -2.06. The predicted molar refractivity (Wildman–Crippen MR) is 60.6 cm³/mol. The molecule has 16 heavy (non-hydrogen) atoms. The summed E-state index contributed by atoms with van der Waals surface area (Å²) in [6, 6.07) is 7.09. The summed E-state index contributed by atoms with van der Waals surface area (Å²) in [5.74, 6) is 0.585. The van der Waals surface area contributed by atoms with Gasteiger partial charge in [0.25, 0.3) is 0 Å². The molecule has 0 fully saturated rings. The first kappa shape index (κ1) is 12.1. The summed E-state index contributed by atoms with van der Waals surface area (Å²) >= 11 is 0. The van der Waals surface area contributed by atoms with Gasteiger partial charge in [0, 0.05) is 17.9 Å². The number of methoxy groups -OCH3 is 1. The maximum Gasteiger partial charge on any atom is 0.166 e. The van der Waals surface area contributed by atoms with Gasteiger partial charge in [-0.3, -0.25) is 4.79 Å². The molecule has 0 bridgehead atoms. The van der Waals surface area contributed by atoms with Crippen molar-refractivity contribution in [2.24, 2.45) is 5.11 Å². The van der Waals surface area contributed by atoms with Crippen LogP contribution in [-0.2, 0) is 0 Å². The lowest BCUT2D eigenvalue weighted by molar-refractivity contribution is 0.0978. The van der Waals surface area contributed by atoms with Crippen LogP contribution in [0.4, 0.5) is 0 Å². The number of benzene rings is 1. The summed E-state index contributed by atoms with van der Waals surface area (Å²) in [5.41, 5.74) is 8.66. The Labute approximate surface area is 93.7 Å². The summed E-state index contributed by atoms with van der Waals surface area (Å²) in [6.45, 7) is 0.345. The summed E-state index contributed by atoms with van der Waals surface area (Å²) in [4.78, 5) is 14.4. The maximum atomic E-state index is 11.8. The molecule has 0 aliphatic heterocycles. The van der Waals surface area contributed by atoms with E-state index in [4.69, 9.17) is 10.3 Å². The van der Waals surface area contributed by atoms with E-state index in [9.17, 15) is 4.79 Å². The largest absolute Gasteiger partial charge is 0.496 e. The second kappa shape index (κ2) is 6.48. The van der Waals surface area contributed by atoms with Crippen LogP contribution in [0.25, 0.3) is 10.4 Å². The zero-order valence-corrected chi connectivity index (χ0v) is 9.09. The van der Waals surface area contributed by atoms with Crippen LogP contribution in [-0.4, -0.2) is 19.4 Å². The van der Waals surface area contributed by atoms with Crippen LogP contribution in [0.15, 0.2) is 29.4 Å². The van der Waals surface area contributed by atoms with Crippen molar-refractivity contribution < 1.29 is 9.53 Å². The van der Waals surface area contributed by atoms with E-state index >= 15 is 0 Å². The highest BCUT2D eigenvalue weighted by Gasteiger charge is 2.10. The molecule has 0 heterocycles. The quantitative estimate of drug-likeness (QED) is 0.242. The standard InChI is InChI=1S/C11H13N3O2/c1-16-11-7-3-2-5-9(11)10(15)6-4-8-13-14-12/h2-3,5,7H,4,6,8H2,1H3. The number of Topliss-reactive ketones (excluding diaryl/α,β-unsaturated/α-hetero) is 1. The number of ketones is 1. The fourth-order valence-corrected chi connectivity index (χ4v) is 1.36. The van der Waals surface area contributed by atoms with Crippen molar-refractivity contribution in [3.63, 3.8) is 0 Å². The van der Waals surface area contributed by atoms with Crippen molar-refractivity contribution in [3.05, 3.63) is 40.3 Å². The number of ether oxygens (including phenoxy) is 1. The van der Waals surface area contributed by atoms with Crippen LogP contribution in [0.5, 0.6) is 5.75 Å². The number of para-hydroxylation sites is 1. The molecule has 0 aliphatic carbocycles. The average molecular weight is 219 g/mol. The first-order valence-electron chi connectivity index (χ1n) is 4.96. The van der Waals surface area contributed by atoms with Gasteiger partial charge in [-0.2, -0.15) is 0 Å². The Balaban J connectivity index is 2.61. The first-order valence-corrected chi connectivity index (χ1v) is 4.96. The van der Waals surface area contributed by atoms with E-state index in [1.165, 1.54) is 7.11 Å². The molecule has 1 rings (SSSR count). The third kappa shape index (κ3) is 3.29. The van der Waals surface area contributed by atoms with Gasteiger partial charge in [0.15, 0.2) is 5.78 Å². The highest BCUT2D eigenvalue weighted by Crippen LogP contribution is 2.19. The molecule has 5 heteroatoms. The molecular weight excluding hydrogens is 206 g/mol. The smallest absolute Gasteiger partial charge is 0.166 e. The van der Waals surface area contributed by atoms with Gasteiger partial charge in [-0.25, -0.2) is 0 Å². The maximum absolute atomic E-state index is 11.8. The van der Waals surface area contributed by atoms with Crippen LogP contribution in [0.2, 0.25) is 0 Å². The van der Waals surface area contributed by atoms with Gasteiger partial charge >= 0.3 is 0 Å². The fraction of sp³-hybridized carbons (Fsp3) is 0.364. The number of hydrogen-bond donors (Lipinski definition) is 0.